The second kappa shape index (κ2) is 9.91. The van der Waals surface area contributed by atoms with Crippen molar-refractivity contribution in [3.8, 4) is 0 Å². The Kier molecular flexibility index (Phi) is 10.3. The van der Waals surface area contributed by atoms with Gasteiger partial charge in [0.05, 0.1) is 0 Å². The van der Waals surface area contributed by atoms with Crippen LogP contribution in [0.2, 0.25) is 0 Å². The maximum Gasteiger partial charge on any atom is 2.00 e. The third kappa shape index (κ3) is 8.94. The zero-order valence-corrected chi connectivity index (χ0v) is 16.0. The molecule has 2 aliphatic carbocycles. The van der Waals surface area contributed by atoms with E-state index in [-0.39, 0.29) is 28.4 Å². The van der Waals surface area contributed by atoms with Crippen LogP contribution >= 0.6 is 14.7 Å². The first-order chi connectivity index (χ1) is 9.21. The van der Waals surface area contributed by atoms with Crippen LogP contribution in [0.15, 0.2) is 0 Å². The van der Waals surface area contributed by atoms with Crippen molar-refractivity contribution in [3.05, 3.63) is 0 Å². The molecule has 0 heterocycles. The van der Waals surface area contributed by atoms with Crippen molar-refractivity contribution >= 4 is 14.7 Å². The van der Waals surface area contributed by atoms with E-state index in [1.54, 1.807) is 0 Å². The van der Waals surface area contributed by atoms with E-state index in [0.29, 0.717) is 0 Å². The second-order valence-corrected chi connectivity index (χ2v) is 11.5. The largest absolute Gasteiger partial charge is 2.00 e. The van der Waals surface area contributed by atoms with E-state index >= 15 is 0 Å². The van der Waals surface area contributed by atoms with Crippen LogP contribution in [0.3, 0.4) is 0 Å². The van der Waals surface area contributed by atoms with Gasteiger partial charge in [-0.15, -0.1) is 0 Å². The molecule has 21 heavy (non-hydrogen) atoms. The summed E-state index contributed by atoms with van der Waals surface area (Å²) in [5.74, 6) is 0. The number of rotatable bonds is 2. The standard InChI is InChI=1S/2C7H15O2P.Fe/c2*1-10(8,9)7-5-3-2-4-6-7;/h2*7H,2-6H2,1H3,(H,8,9);/q;;+2/p-2. The minimum atomic E-state index is -2.99. The van der Waals surface area contributed by atoms with Gasteiger partial charge in [-0.1, -0.05) is 38.5 Å². The van der Waals surface area contributed by atoms with Gasteiger partial charge >= 0.3 is 17.1 Å². The molecule has 0 aromatic heterocycles. The SMILES string of the molecule is CP(=O)([O-])C1CCCCC1.CP(=O)([O-])C1CCCCC1.[Fe+2]. The van der Waals surface area contributed by atoms with E-state index in [0.717, 1.165) is 51.4 Å². The van der Waals surface area contributed by atoms with Gasteiger partial charge in [0.2, 0.25) is 0 Å². The molecule has 4 nitrogen and oxygen atoms in total. The third-order valence-corrected chi connectivity index (χ3v) is 8.16. The zero-order valence-electron chi connectivity index (χ0n) is 13.1. The Balaban J connectivity index is 0.000000364. The van der Waals surface area contributed by atoms with Gasteiger partial charge in [0.25, 0.3) is 0 Å². The summed E-state index contributed by atoms with van der Waals surface area (Å²) < 4.78 is 22.0. The topological polar surface area (TPSA) is 80.3 Å². The summed E-state index contributed by atoms with van der Waals surface area (Å²) in [6.07, 6.45) is 10.4. The monoisotopic (exact) mass is 378 g/mol. The van der Waals surface area contributed by atoms with Crippen LogP contribution in [0.5, 0.6) is 0 Å². The van der Waals surface area contributed by atoms with E-state index in [4.69, 9.17) is 0 Å². The van der Waals surface area contributed by atoms with Crippen molar-refractivity contribution in [3.63, 3.8) is 0 Å². The molecule has 2 rings (SSSR count). The molecule has 0 amide bonds. The fraction of sp³-hybridized carbons (Fsp3) is 1.00. The Morgan fingerprint density at radius 3 is 1.05 bits per heavy atom. The fourth-order valence-electron chi connectivity index (χ4n) is 3.10. The van der Waals surface area contributed by atoms with Gasteiger partial charge in [-0.2, -0.15) is 0 Å². The molecule has 2 atom stereocenters. The predicted molar refractivity (Wildman–Crippen MR) is 80.8 cm³/mol. The Labute approximate surface area is 139 Å². The van der Waals surface area contributed by atoms with Crippen molar-refractivity contribution in [1.82, 2.24) is 0 Å². The van der Waals surface area contributed by atoms with Gasteiger partial charge in [-0.25, -0.2) is 0 Å². The van der Waals surface area contributed by atoms with Crippen LogP contribution < -0.4 is 9.79 Å². The van der Waals surface area contributed by atoms with Gasteiger partial charge in [0.15, 0.2) is 0 Å². The molecule has 0 radical (unpaired) electrons. The number of hydrogen-bond donors (Lipinski definition) is 0. The molecule has 0 saturated heterocycles. The van der Waals surface area contributed by atoms with Crippen molar-refractivity contribution in [2.24, 2.45) is 0 Å². The average molecular weight is 378 g/mol. The Bertz CT molecular complexity index is 329. The predicted octanol–water partition coefficient (Wildman–Crippen LogP) is 3.17. The summed E-state index contributed by atoms with van der Waals surface area (Å²) in [7, 11) is -5.98. The molecule has 2 fully saturated rings. The molecular formula is C14H28FeO4P2. The van der Waals surface area contributed by atoms with Gasteiger partial charge in [0, 0.05) is 14.7 Å². The molecule has 0 bridgehead atoms. The summed E-state index contributed by atoms with van der Waals surface area (Å²) in [5, 5.41) is 0. The van der Waals surface area contributed by atoms with Gasteiger partial charge < -0.3 is 18.9 Å². The minimum absolute atomic E-state index is 0. The van der Waals surface area contributed by atoms with Crippen molar-refractivity contribution in [2.75, 3.05) is 13.3 Å². The quantitative estimate of drug-likeness (QED) is 0.546. The molecule has 0 aromatic carbocycles. The fourth-order valence-corrected chi connectivity index (χ4v) is 5.71. The summed E-state index contributed by atoms with van der Waals surface area (Å²) in [5.41, 5.74) is 0.00231. The summed E-state index contributed by atoms with van der Waals surface area (Å²) in [6.45, 7) is 2.76. The zero-order chi connectivity index (χ0) is 15.2. The first-order valence-corrected chi connectivity index (χ1v) is 12.1. The average Bonchev–Trinajstić information content (AvgIpc) is 2.40. The molecule has 2 saturated carbocycles. The molecule has 2 unspecified atom stereocenters. The normalized spacial score (nSPS) is 26.5. The Hall–Kier alpha value is 0.899. The molecule has 7 heteroatoms. The van der Waals surface area contributed by atoms with E-state index in [9.17, 15) is 18.9 Å². The van der Waals surface area contributed by atoms with Gasteiger partial charge in [0.1, 0.15) is 0 Å². The molecule has 2 aliphatic rings. The first-order valence-electron chi connectivity index (χ1n) is 7.77. The van der Waals surface area contributed by atoms with Crippen molar-refractivity contribution < 1.29 is 36.0 Å². The second-order valence-electron chi connectivity index (χ2n) is 6.40. The smallest absolute Gasteiger partial charge is 0.799 e. The molecule has 0 aromatic rings. The molecule has 0 spiro atoms. The molecule has 0 N–H and O–H groups in total. The number of hydrogen-bond acceptors (Lipinski definition) is 4. The first kappa shape index (κ1) is 21.9. The molecule has 126 valence electrons. The van der Waals surface area contributed by atoms with Crippen LogP contribution in [-0.2, 0) is 26.2 Å². The van der Waals surface area contributed by atoms with Gasteiger partial charge in [-0.3, -0.25) is 0 Å². The minimum Gasteiger partial charge on any atom is -0.799 e. The van der Waals surface area contributed by atoms with E-state index in [2.05, 4.69) is 0 Å². The van der Waals surface area contributed by atoms with Crippen LogP contribution in [0.1, 0.15) is 64.2 Å². The summed E-state index contributed by atoms with van der Waals surface area (Å²) in [4.78, 5) is 22.0. The van der Waals surface area contributed by atoms with Crippen LogP contribution in [0.25, 0.3) is 0 Å². The van der Waals surface area contributed by atoms with Crippen molar-refractivity contribution in [1.29, 1.82) is 0 Å². The van der Waals surface area contributed by atoms with Gasteiger partial charge in [-0.05, 0) is 50.3 Å². The maximum absolute atomic E-state index is 11.0. The molecule has 0 aliphatic heterocycles. The summed E-state index contributed by atoms with van der Waals surface area (Å²) in [6, 6.07) is 0. The maximum atomic E-state index is 11.0. The summed E-state index contributed by atoms with van der Waals surface area (Å²) >= 11 is 0. The third-order valence-electron chi connectivity index (χ3n) is 4.48. The van der Waals surface area contributed by atoms with Crippen LogP contribution in [0.4, 0.5) is 0 Å². The van der Waals surface area contributed by atoms with E-state index in [1.807, 2.05) is 0 Å². The van der Waals surface area contributed by atoms with Crippen LogP contribution in [0, 0.1) is 0 Å². The Morgan fingerprint density at radius 2 is 0.905 bits per heavy atom. The molecular weight excluding hydrogens is 350 g/mol. The van der Waals surface area contributed by atoms with E-state index in [1.165, 1.54) is 26.2 Å². The Morgan fingerprint density at radius 1 is 0.667 bits per heavy atom. The van der Waals surface area contributed by atoms with Crippen LogP contribution in [-0.4, -0.2) is 24.6 Å². The van der Waals surface area contributed by atoms with E-state index < -0.39 is 14.7 Å². The van der Waals surface area contributed by atoms with Crippen molar-refractivity contribution in [2.45, 2.75) is 75.5 Å².